The molecule has 0 aliphatic rings. The summed E-state index contributed by atoms with van der Waals surface area (Å²) in [4.78, 5) is 0. The van der Waals surface area contributed by atoms with Crippen LogP contribution < -0.4 is 11.1 Å². The number of benzene rings is 1. The number of anilines is 2. The Morgan fingerprint density at radius 3 is 2.71 bits per heavy atom. The summed E-state index contributed by atoms with van der Waals surface area (Å²) in [7, 11) is 1.83. The van der Waals surface area contributed by atoms with Crippen LogP contribution >= 0.6 is 0 Å². The molecule has 4 heteroatoms. The number of hydrogen-bond acceptors (Lipinski definition) is 4. The Balaban J connectivity index is 0.000000461. The fourth-order valence-electron chi connectivity index (χ4n) is 1.22. The van der Waals surface area contributed by atoms with Crippen molar-refractivity contribution in [3.05, 3.63) is 18.2 Å². The summed E-state index contributed by atoms with van der Waals surface area (Å²) in [6.45, 7) is 4.00. The van der Waals surface area contributed by atoms with E-state index in [0.29, 0.717) is 11.4 Å². The Hall–Kier alpha value is -1.71. The first-order valence-corrected chi connectivity index (χ1v) is 4.64. The van der Waals surface area contributed by atoms with Gasteiger partial charge in [0.05, 0.1) is 5.39 Å². The molecule has 0 bridgehead atoms. The molecule has 4 nitrogen and oxygen atoms in total. The molecular formula is C10H15N3O. The summed E-state index contributed by atoms with van der Waals surface area (Å²) in [6, 6.07) is 5.65. The Morgan fingerprint density at radius 2 is 2.07 bits per heavy atom. The van der Waals surface area contributed by atoms with E-state index in [1.165, 1.54) is 0 Å². The lowest BCUT2D eigenvalue weighted by Gasteiger charge is -1.99. The van der Waals surface area contributed by atoms with Crippen LogP contribution in [-0.4, -0.2) is 12.2 Å². The quantitative estimate of drug-likeness (QED) is 0.730. The molecule has 0 unspecified atom stereocenters. The molecule has 1 aromatic heterocycles. The first kappa shape index (κ1) is 10.4. The predicted molar refractivity (Wildman–Crippen MR) is 59.3 cm³/mol. The Labute approximate surface area is 83.1 Å². The molecule has 0 aliphatic carbocycles. The standard InChI is InChI=1S/C8H9N3O.C2H6/c1-10-5-3-2-4-6-7(5)8(9)11-12-6;1-2/h2-4,10H,1H3,(H2,9,11);1-2H3. The molecular weight excluding hydrogens is 178 g/mol. The van der Waals surface area contributed by atoms with Crippen molar-refractivity contribution in [2.45, 2.75) is 13.8 Å². The number of nitrogen functional groups attached to an aromatic ring is 1. The molecule has 0 saturated carbocycles. The molecule has 14 heavy (non-hydrogen) atoms. The van der Waals surface area contributed by atoms with Crippen molar-refractivity contribution in [2.75, 3.05) is 18.1 Å². The van der Waals surface area contributed by atoms with E-state index in [2.05, 4.69) is 10.5 Å². The fraction of sp³-hybridized carbons (Fsp3) is 0.300. The molecule has 0 saturated heterocycles. The lowest BCUT2D eigenvalue weighted by molar-refractivity contribution is 0.460. The van der Waals surface area contributed by atoms with Gasteiger partial charge >= 0.3 is 0 Å². The maximum Gasteiger partial charge on any atom is 0.176 e. The van der Waals surface area contributed by atoms with Gasteiger partial charge in [-0.15, -0.1) is 0 Å². The predicted octanol–water partition coefficient (Wildman–Crippen LogP) is 2.48. The van der Waals surface area contributed by atoms with Crippen LogP contribution in [0.2, 0.25) is 0 Å². The van der Waals surface area contributed by atoms with Gasteiger partial charge in [0.1, 0.15) is 0 Å². The van der Waals surface area contributed by atoms with Crippen LogP contribution in [0.3, 0.4) is 0 Å². The normalized spacial score (nSPS) is 9.36. The van der Waals surface area contributed by atoms with Gasteiger partial charge < -0.3 is 15.6 Å². The van der Waals surface area contributed by atoms with Gasteiger partial charge in [0, 0.05) is 12.7 Å². The second-order valence-electron chi connectivity index (χ2n) is 2.50. The van der Waals surface area contributed by atoms with Crippen molar-refractivity contribution >= 4 is 22.5 Å². The maximum absolute atomic E-state index is 5.61. The number of nitrogens with zero attached hydrogens (tertiary/aromatic N) is 1. The summed E-state index contributed by atoms with van der Waals surface area (Å²) in [5.74, 6) is 0.426. The highest BCUT2D eigenvalue weighted by Crippen LogP contribution is 2.27. The van der Waals surface area contributed by atoms with Gasteiger partial charge in [-0.3, -0.25) is 0 Å². The highest BCUT2D eigenvalue weighted by atomic mass is 16.5. The van der Waals surface area contributed by atoms with Crippen LogP contribution in [0.25, 0.3) is 11.0 Å². The molecule has 1 heterocycles. The van der Waals surface area contributed by atoms with E-state index in [4.69, 9.17) is 10.3 Å². The summed E-state index contributed by atoms with van der Waals surface area (Å²) >= 11 is 0. The van der Waals surface area contributed by atoms with Crippen LogP contribution in [0.4, 0.5) is 11.5 Å². The monoisotopic (exact) mass is 193 g/mol. The van der Waals surface area contributed by atoms with Crippen LogP contribution in [0.15, 0.2) is 22.7 Å². The van der Waals surface area contributed by atoms with Crippen molar-refractivity contribution in [3.63, 3.8) is 0 Å². The Kier molecular flexibility index (Phi) is 3.34. The molecule has 2 rings (SSSR count). The first-order valence-electron chi connectivity index (χ1n) is 4.64. The lowest BCUT2D eigenvalue weighted by Crippen LogP contribution is -1.90. The number of rotatable bonds is 1. The van der Waals surface area contributed by atoms with E-state index in [1.54, 1.807) is 0 Å². The smallest absolute Gasteiger partial charge is 0.176 e. The number of nitrogens with two attached hydrogens (primary N) is 1. The highest BCUT2D eigenvalue weighted by molar-refractivity contribution is 5.97. The van der Waals surface area contributed by atoms with Crippen molar-refractivity contribution in [3.8, 4) is 0 Å². The van der Waals surface area contributed by atoms with Crippen LogP contribution in [0, 0.1) is 0 Å². The van der Waals surface area contributed by atoms with Gasteiger partial charge in [-0.2, -0.15) is 0 Å². The molecule has 76 valence electrons. The summed E-state index contributed by atoms with van der Waals surface area (Å²) in [5.41, 5.74) is 7.25. The number of fused-ring (bicyclic) bond motifs is 1. The van der Waals surface area contributed by atoms with Crippen molar-refractivity contribution in [1.82, 2.24) is 5.16 Å². The zero-order chi connectivity index (χ0) is 10.6. The van der Waals surface area contributed by atoms with Crippen molar-refractivity contribution < 1.29 is 4.52 Å². The van der Waals surface area contributed by atoms with E-state index < -0.39 is 0 Å². The summed E-state index contributed by atoms with van der Waals surface area (Å²) in [5, 5.41) is 7.53. The van der Waals surface area contributed by atoms with Crippen molar-refractivity contribution in [1.29, 1.82) is 0 Å². The molecule has 0 atom stereocenters. The van der Waals surface area contributed by atoms with E-state index in [-0.39, 0.29) is 0 Å². The van der Waals surface area contributed by atoms with E-state index in [9.17, 15) is 0 Å². The molecule has 3 N–H and O–H groups in total. The Morgan fingerprint density at radius 1 is 1.36 bits per heavy atom. The number of nitrogens with one attached hydrogen (secondary N) is 1. The van der Waals surface area contributed by atoms with E-state index in [0.717, 1.165) is 11.1 Å². The minimum Gasteiger partial charge on any atom is -0.387 e. The minimum absolute atomic E-state index is 0.426. The zero-order valence-electron chi connectivity index (χ0n) is 8.66. The SMILES string of the molecule is CC.CNc1cccc2onc(N)c12. The molecule has 0 radical (unpaired) electrons. The largest absolute Gasteiger partial charge is 0.387 e. The van der Waals surface area contributed by atoms with Crippen LogP contribution in [-0.2, 0) is 0 Å². The van der Waals surface area contributed by atoms with Gasteiger partial charge in [0.15, 0.2) is 11.4 Å². The second kappa shape index (κ2) is 4.50. The maximum atomic E-state index is 5.61. The molecule has 0 amide bonds. The fourth-order valence-corrected chi connectivity index (χ4v) is 1.22. The van der Waals surface area contributed by atoms with E-state index >= 15 is 0 Å². The third kappa shape index (κ3) is 1.64. The lowest BCUT2D eigenvalue weighted by atomic mass is 10.2. The van der Waals surface area contributed by atoms with Crippen LogP contribution in [0.5, 0.6) is 0 Å². The third-order valence-corrected chi connectivity index (χ3v) is 1.79. The van der Waals surface area contributed by atoms with Gasteiger partial charge in [-0.1, -0.05) is 25.1 Å². The van der Waals surface area contributed by atoms with Crippen LogP contribution in [0.1, 0.15) is 13.8 Å². The highest BCUT2D eigenvalue weighted by Gasteiger charge is 2.07. The average molecular weight is 193 g/mol. The molecule has 0 aliphatic heterocycles. The second-order valence-corrected chi connectivity index (χ2v) is 2.50. The van der Waals surface area contributed by atoms with Gasteiger partial charge in [0.2, 0.25) is 0 Å². The minimum atomic E-state index is 0.426. The average Bonchev–Trinajstić information content (AvgIpc) is 2.64. The van der Waals surface area contributed by atoms with Crippen molar-refractivity contribution in [2.24, 2.45) is 0 Å². The number of aromatic nitrogens is 1. The molecule has 0 spiro atoms. The number of hydrogen-bond donors (Lipinski definition) is 2. The van der Waals surface area contributed by atoms with E-state index in [1.807, 2.05) is 39.1 Å². The van der Waals surface area contributed by atoms with Gasteiger partial charge in [0.25, 0.3) is 0 Å². The molecule has 1 aromatic carbocycles. The molecule has 2 aromatic rings. The zero-order valence-corrected chi connectivity index (χ0v) is 8.66. The topological polar surface area (TPSA) is 64.1 Å². The van der Waals surface area contributed by atoms with Gasteiger partial charge in [-0.05, 0) is 12.1 Å². The summed E-state index contributed by atoms with van der Waals surface area (Å²) in [6.07, 6.45) is 0. The van der Waals surface area contributed by atoms with Gasteiger partial charge in [-0.25, -0.2) is 0 Å². The first-order chi connectivity index (χ1) is 6.83. The third-order valence-electron chi connectivity index (χ3n) is 1.79. The molecule has 0 fully saturated rings. The Bertz CT molecular complexity index is 409. The summed E-state index contributed by atoms with van der Waals surface area (Å²) < 4.78 is 4.98.